The summed E-state index contributed by atoms with van der Waals surface area (Å²) in [5.74, 6) is 17.3. The smallest absolute Gasteiger partial charge is 0.407 e. The number of likely N-dealkylation sites (tertiary alicyclic amines) is 1. The van der Waals surface area contributed by atoms with Crippen LogP contribution in [0.1, 0.15) is 49.1 Å². The number of carbonyl (C=O) groups excluding carboxylic acids is 2. The molecule has 1 aliphatic rings. The number of hydrogen-bond acceptors (Lipinski definition) is 5. The quantitative estimate of drug-likeness (QED) is 0.704. The van der Waals surface area contributed by atoms with Gasteiger partial charge in [0.2, 0.25) is 5.91 Å². The van der Waals surface area contributed by atoms with Gasteiger partial charge in [0.15, 0.2) is 0 Å². The van der Waals surface area contributed by atoms with E-state index < -0.39 is 12.1 Å². The first-order chi connectivity index (χ1) is 15.5. The van der Waals surface area contributed by atoms with Crippen molar-refractivity contribution < 1.29 is 14.3 Å². The fraction of sp³-hybridized carbons (Fsp3) is 0.375. The number of ether oxygens (including phenoxy) is 1. The number of aromatic nitrogens is 2. The van der Waals surface area contributed by atoms with Gasteiger partial charge in [-0.05, 0) is 65.7 Å². The van der Waals surface area contributed by atoms with Crippen molar-refractivity contribution in [2.75, 3.05) is 13.7 Å². The Morgan fingerprint density at radius 3 is 2.75 bits per heavy atom. The topological polar surface area (TPSA) is 87.3 Å². The summed E-state index contributed by atoms with van der Waals surface area (Å²) < 4.78 is 4.67. The van der Waals surface area contributed by atoms with Crippen LogP contribution >= 0.6 is 11.3 Å². The van der Waals surface area contributed by atoms with Crippen LogP contribution in [-0.4, -0.2) is 46.6 Å². The highest BCUT2D eigenvalue weighted by Gasteiger charge is 2.37. The average Bonchev–Trinajstić information content (AvgIpc) is 3.54. The summed E-state index contributed by atoms with van der Waals surface area (Å²) in [6.07, 6.45) is 2.65. The molecule has 2 N–H and O–H groups in total. The van der Waals surface area contributed by atoms with Gasteiger partial charge in [-0.15, -0.1) is 11.3 Å². The van der Waals surface area contributed by atoms with E-state index in [2.05, 4.69) is 55.5 Å². The van der Waals surface area contributed by atoms with Gasteiger partial charge in [0.05, 0.1) is 24.2 Å². The molecule has 2 amide bonds. The highest BCUT2D eigenvalue weighted by atomic mass is 32.1. The van der Waals surface area contributed by atoms with Crippen molar-refractivity contribution in [2.24, 2.45) is 5.92 Å². The van der Waals surface area contributed by atoms with Gasteiger partial charge in [-0.25, -0.2) is 9.78 Å². The first kappa shape index (κ1) is 23.0. The molecule has 3 rings (SSSR count). The van der Waals surface area contributed by atoms with Gasteiger partial charge >= 0.3 is 6.09 Å². The van der Waals surface area contributed by atoms with Gasteiger partial charge in [0.1, 0.15) is 17.6 Å². The van der Waals surface area contributed by atoms with Gasteiger partial charge in [-0.3, -0.25) is 4.79 Å². The molecule has 0 unspecified atom stereocenters. The minimum absolute atomic E-state index is 0.0811. The lowest BCUT2D eigenvalue weighted by Crippen LogP contribution is -2.51. The van der Waals surface area contributed by atoms with E-state index in [1.807, 2.05) is 31.4 Å². The first-order valence-electron chi connectivity index (χ1n) is 10.2. The Morgan fingerprint density at radius 2 is 2.06 bits per heavy atom. The van der Waals surface area contributed by atoms with E-state index in [9.17, 15) is 9.59 Å². The molecule has 8 heteroatoms. The number of aromatic amines is 1. The molecular weight excluding hydrogens is 424 g/mol. The van der Waals surface area contributed by atoms with Crippen LogP contribution in [0.2, 0.25) is 0 Å². The van der Waals surface area contributed by atoms with E-state index in [0.717, 1.165) is 17.7 Å². The maximum atomic E-state index is 13.1. The molecule has 0 spiro atoms. The molecular formula is C24H24N4O3S. The second-order valence-electron chi connectivity index (χ2n) is 7.46. The molecule has 7 nitrogen and oxygen atoms in total. The molecule has 32 heavy (non-hydrogen) atoms. The monoisotopic (exact) mass is 448 g/mol. The summed E-state index contributed by atoms with van der Waals surface area (Å²) in [5, 5.41) is 4.61. The van der Waals surface area contributed by atoms with Crippen LogP contribution in [-0.2, 0) is 9.53 Å². The van der Waals surface area contributed by atoms with Crippen LogP contribution in [0.3, 0.4) is 0 Å². The van der Waals surface area contributed by atoms with E-state index >= 15 is 0 Å². The molecule has 2 aromatic rings. The Balaban J connectivity index is 1.67. The van der Waals surface area contributed by atoms with E-state index in [1.165, 1.54) is 7.11 Å². The summed E-state index contributed by atoms with van der Waals surface area (Å²) in [6.45, 7) is 4.37. The number of alkyl carbamates (subject to hydrolysis) is 1. The van der Waals surface area contributed by atoms with Crippen LogP contribution in [0.25, 0.3) is 0 Å². The summed E-state index contributed by atoms with van der Waals surface area (Å²) in [4.78, 5) is 35.1. The molecule has 1 aliphatic heterocycles. The third-order valence-electron chi connectivity index (χ3n) is 4.93. The number of imidazole rings is 1. The second kappa shape index (κ2) is 11.1. The van der Waals surface area contributed by atoms with Crippen LogP contribution < -0.4 is 5.32 Å². The zero-order valence-corrected chi connectivity index (χ0v) is 19.0. The molecule has 0 saturated carbocycles. The van der Waals surface area contributed by atoms with Gasteiger partial charge < -0.3 is 19.9 Å². The van der Waals surface area contributed by atoms with E-state index in [-0.39, 0.29) is 17.9 Å². The van der Waals surface area contributed by atoms with Gasteiger partial charge in [-0.2, -0.15) is 0 Å². The van der Waals surface area contributed by atoms with E-state index in [0.29, 0.717) is 18.1 Å². The Hall–Kier alpha value is -3.67. The Kier molecular flexibility index (Phi) is 7.97. The summed E-state index contributed by atoms with van der Waals surface area (Å²) in [6, 6.07) is 3.02. The SMILES string of the molecule is COC(=O)N[C@H](C(=O)N1CCC[C@H]1c1ncc(C#CC#CC#Cc2cccs2)[nH]1)C(C)C. The first-order valence-corrected chi connectivity index (χ1v) is 11.1. The highest BCUT2D eigenvalue weighted by molar-refractivity contribution is 7.10. The fourth-order valence-corrected chi connectivity index (χ4v) is 3.94. The van der Waals surface area contributed by atoms with Crippen molar-refractivity contribution in [3.05, 3.63) is 40.1 Å². The Morgan fingerprint density at radius 1 is 1.28 bits per heavy atom. The maximum absolute atomic E-state index is 13.1. The largest absolute Gasteiger partial charge is 0.453 e. The Labute approximate surface area is 191 Å². The number of thiophene rings is 1. The molecule has 0 bridgehead atoms. The normalized spacial score (nSPS) is 15.5. The van der Waals surface area contributed by atoms with Crippen LogP contribution in [0.5, 0.6) is 0 Å². The predicted molar refractivity (Wildman–Crippen MR) is 122 cm³/mol. The van der Waals surface area contributed by atoms with Crippen molar-refractivity contribution in [3.63, 3.8) is 0 Å². The molecule has 0 aromatic carbocycles. The molecule has 2 aromatic heterocycles. The Bertz CT molecular complexity index is 1130. The minimum atomic E-state index is -0.664. The van der Waals surface area contributed by atoms with Crippen molar-refractivity contribution in [1.29, 1.82) is 0 Å². The summed E-state index contributed by atoms with van der Waals surface area (Å²) in [7, 11) is 1.28. The summed E-state index contributed by atoms with van der Waals surface area (Å²) >= 11 is 1.56. The third kappa shape index (κ3) is 5.94. The summed E-state index contributed by atoms with van der Waals surface area (Å²) in [5.41, 5.74) is 0.618. The van der Waals surface area contributed by atoms with Crippen molar-refractivity contribution in [2.45, 2.75) is 38.8 Å². The van der Waals surface area contributed by atoms with Crippen LogP contribution in [0, 0.1) is 41.4 Å². The van der Waals surface area contributed by atoms with Crippen molar-refractivity contribution in [1.82, 2.24) is 20.2 Å². The number of amides is 2. The lowest BCUT2D eigenvalue weighted by molar-refractivity contribution is -0.135. The molecule has 1 saturated heterocycles. The average molecular weight is 449 g/mol. The molecule has 1 fully saturated rings. The number of H-pyrrole nitrogens is 1. The lowest BCUT2D eigenvalue weighted by atomic mass is 10.0. The number of nitrogens with zero attached hydrogens (tertiary/aromatic N) is 2. The minimum Gasteiger partial charge on any atom is -0.453 e. The van der Waals surface area contributed by atoms with Crippen molar-refractivity contribution >= 4 is 23.3 Å². The second-order valence-corrected chi connectivity index (χ2v) is 8.40. The highest BCUT2D eigenvalue weighted by Crippen LogP contribution is 2.31. The molecule has 164 valence electrons. The molecule has 0 radical (unpaired) electrons. The zero-order valence-electron chi connectivity index (χ0n) is 18.2. The van der Waals surface area contributed by atoms with E-state index in [1.54, 1.807) is 22.4 Å². The standard InChI is InChI=1S/C24H24N4O3S/c1-17(2)21(27-24(30)31-3)23(29)28-14-8-13-20(28)22-25-16-18(26-22)10-6-4-5-7-11-19-12-9-15-32-19/h9,12,15-17,20-21H,8,13-14H2,1-3H3,(H,25,26)(H,27,30)/t20-,21-/m0/s1. The number of nitrogens with one attached hydrogen (secondary N) is 2. The maximum Gasteiger partial charge on any atom is 0.407 e. The van der Waals surface area contributed by atoms with Gasteiger partial charge in [-0.1, -0.05) is 19.9 Å². The fourth-order valence-electron chi connectivity index (χ4n) is 3.37. The van der Waals surface area contributed by atoms with Gasteiger partial charge in [0, 0.05) is 6.54 Å². The van der Waals surface area contributed by atoms with Crippen molar-refractivity contribution in [3.8, 4) is 35.5 Å². The lowest BCUT2D eigenvalue weighted by Gasteiger charge is -2.29. The molecule has 2 atom stereocenters. The molecule has 0 aliphatic carbocycles. The number of carbonyl (C=O) groups is 2. The predicted octanol–water partition coefficient (Wildman–Crippen LogP) is 2.92. The van der Waals surface area contributed by atoms with Gasteiger partial charge in [0.25, 0.3) is 0 Å². The van der Waals surface area contributed by atoms with Crippen LogP contribution in [0.4, 0.5) is 4.79 Å². The number of rotatable bonds is 4. The molecule has 3 heterocycles. The zero-order chi connectivity index (χ0) is 22.9. The number of hydrogen-bond donors (Lipinski definition) is 2. The third-order valence-corrected chi connectivity index (χ3v) is 5.72. The number of methoxy groups -OCH3 is 1. The van der Waals surface area contributed by atoms with E-state index in [4.69, 9.17) is 0 Å². The van der Waals surface area contributed by atoms with Crippen LogP contribution in [0.15, 0.2) is 23.7 Å².